The van der Waals surface area contributed by atoms with Gasteiger partial charge in [0, 0.05) is 24.5 Å². The van der Waals surface area contributed by atoms with E-state index in [-0.39, 0.29) is 24.4 Å². The monoisotopic (exact) mass is 306 g/mol. The minimum Gasteiger partial charge on any atom is -0.492 e. The third-order valence-electron chi connectivity index (χ3n) is 2.41. The lowest BCUT2D eigenvalue weighted by Crippen LogP contribution is -2.34. The van der Waals surface area contributed by atoms with Gasteiger partial charge in [-0.2, -0.15) is 0 Å². The molecule has 0 aliphatic rings. The number of nitrogens with zero attached hydrogens (tertiary/aromatic N) is 1. The SMILES string of the molecule is CC(N)CC(=O)N(C)CCOc1cccc(Cl)c1.Cl. The zero-order chi connectivity index (χ0) is 13.5. The Kier molecular flexibility index (Phi) is 8.56. The van der Waals surface area contributed by atoms with Crippen molar-refractivity contribution in [3.05, 3.63) is 29.3 Å². The van der Waals surface area contributed by atoms with Crippen molar-refractivity contribution < 1.29 is 9.53 Å². The topological polar surface area (TPSA) is 55.6 Å². The molecule has 0 aliphatic carbocycles. The van der Waals surface area contributed by atoms with Gasteiger partial charge in [0.15, 0.2) is 0 Å². The molecule has 108 valence electrons. The highest BCUT2D eigenvalue weighted by Gasteiger charge is 2.10. The number of carbonyl (C=O) groups excluding carboxylic acids is 1. The van der Waals surface area contributed by atoms with Crippen LogP contribution in [-0.2, 0) is 4.79 Å². The number of nitrogens with two attached hydrogens (primary N) is 1. The van der Waals surface area contributed by atoms with Crippen LogP contribution in [0.4, 0.5) is 0 Å². The van der Waals surface area contributed by atoms with Crippen molar-refractivity contribution in [2.45, 2.75) is 19.4 Å². The molecule has 1 aromatic rings. The summed E-state index contributed by atoms with van der Waals surface area (Å²) >= 11 is 5.84. The molecule has 6 heteroatoms. The number of benzene rings is 1. The zero-order valence-electron chi connectivity index (χ0n) is 11.1. The summed E-state index contributed by atoms with van der Waals surface area (Å²) in [4.78, 5) is 13.2. The summed E-state index contributed by atoms with van der Waals surface area (Å²) in [5, 5.41) is 0.633. The third kappa shape index (κ3) is 7.25. The van der Waals surface area contributed by atoms with Crippen molar-refractivity contribution in [3.63, 3.8) is 0 Å². The second kappa shape index (κ2) is 9.02. The lowest BCUT2D eigenvalue weighted by molar-refractivity contribution is -0.130. The van der Waals surface area contributed by atoms with Crippen molar-refractivity contribution in [2.75, 3.05) is 20.2 Å². The first kappa shape index (κ1) is 18.0. The number of rotatable bonds is 6. The average Bonchev–Trinajstić information content (AvgIpc) is 2.28. The molecule has 0 radical (unpaired) electrons. The van der Waals surface area contributed by atoms with Gasteiger partial charge in [-0.15, -0.1) is 12.4 Å². The lowest BCUT2D eigenvalue weighted by Gasteiger charge is -2.18. The van der Waals surface area contributed by atoms with Gasteiger partial charge in [0.05, 0.1) is 6.54 Å². The van der Waals surface area contributed by atoms with E-state index in [1.807, 2.05) is 19.1 Å². The summed E-state index contributed by atoms with van der Waals surface area (Å²) in [5.74, 6) is 0.732. The van der Waals surface area contributed by atoms with Crippen molar-refractivity contribution in [3.8, 4) is 5.75 Å². The predicted octanol–water partition coefficient (Wildman–Crippen LogP) is 2.34. The van der Waals surface area contributed by atoms with Crippen LogP contribution in [0.1, 0.15) is 13.3 Å². The minimum atomic E-state index is -0.117. The van der Waals surface area contributed by atoms with E-state index in [4.69, 9.17) is 22.1 Å². The number of halogens is 2. The predicted molar refractivity (Wildman–Crippen MR) is 80.1 cm³/mol. The fraction of sp³-hybridized carbons (Fsp3) is 0.462. The first-order valence-electron chi connectivity index (χ1n) is 5.87. The summed E-state index contributed by atoms with van der Waals surface area (Å²) in [6.45, 7) is 2.77. The normalized spacial score (nSPS) is 11.4. The van der Waals surface area contributed by atoms with E-state index in [9.17, 15) is 4.79 Å². The molecule has 0 aliphatic heterocycles. The van der Waals surface area contributed by atoms with Gasteiger partial charge in [0.1, 0.15) is 12.4 Å². The van der Waals surface area contributed by atoms with Gasteiger partial charge in [-0.3, -0.25) is 4.79 Å². The summed E-state index contributed by atoms with van der Waals surface area (Å²) < 4.78 is 5.50. The van der Waals surface area contributed by atoms with Crippen molar-refractivity contribution in [1.82, 2.24) is 4.90 Å². The molecule has 1 atom stereocenters. The van der Waals surface area contributed by atoms with E-state index in [2.05, 4.69) is 0 Å². The Labute approximate surface area is 125 Å². The van der Waals surface area contributed by atoms with E-state index in [0.29, 0.717) is 30.3 Å². The van der Waals surface area contributed by atoms with Gasteiger partial charge >= 0.3 is 0 Å². The van der Waals surface area contributed by atoms with Crippen LogP contribution in [0, 0.1) is 0 Å². The largest absolute Gasteiger partial charge is 0.492 e. The molecule has 0 bridgehead atoms. The summed E-state index contributed by atoms with van der Waals surface area (Å²) in [6.07, 6.45) is 0.355. The smallest absolute Gasteiger partial charge is 0.223 e. The fourth-order valence-corrected chi connectivity index (χ4v) is 1.59. The van der Waals surface area contributed by atoms with E-state index >= 15 is 0 Å². The average molecular weight is 307 g/mol. The number of likely N-dealkylation sites (N-methyl/N-ethyl adjacent to an activating group) is 1. The zero-order valence-corrected chi connectivity index (χ0v) is 12.7. The fourth-order valence-electron chi connectivity index (χ4n) is 1.41. The molecule has 1 amide bonds. The first-order chi connectivity index (χ1) is 8.49. The van der Waals surface area contributed by atoms with E-state index in [1.54, 1.807) is 24.1 Å². The van der Waals surface area contributed by atoms with Gasteiger partial charge < -0.3 is 15.4 Å². The highest BCUT2D eigenvalue weighted by molar-refractivity contribution is 6.30. The highest BCUT2D eigenvalue weighted by atomic mass is 35.5. The van der Waals surface area contributed by atoms with Crippen LogP contribution in [0.25, 0.3) is 0 Å². The first-order valence-corrected chi connectivity index (χ1v) is 6.24. The van der Waals surface area contributed by atoms with Crippen molar-refractivity contribution in [1.29, 1.82) is 0 Å². The minimum absolute atomic E-state index is 0. The number of hydrogen-bond donors (Lipinski definition) is 1. The summed E-state index contributed by atoms with van der Waals surface area (Å²) in [6, 6.07) is 7.06. The third-order valence-corrected chi connectivity index (χ3v) is 2.65. The van der Waals surface area contributed by atoms with Crippen LogP contribution < -0.4 is 10.5 Å². The molecular weight excluding hydrogens is 287 g/mol. The Bertz CT molecular complexity index is 400. The molecule has 4 nitrogen and oxygen atoms in total. The van der Waals surface area contributed by atoms with Crippen LogP contribution >= 0.6 is 24.0 Å². The Balaban J connectivity index is 0.00000324. The Morgan fingerprint density at radius 2 is 2.21 bits per heavy atom. The molecule has 1 rings (SSSR count). The van der Waals surface area contributed by atoms with E-state index in [0.717, 1.165) is 0 Å². The molecule has 1 aromatic carbocycles. The van der Waals surface area contributed by atoms with Crippen LogP contribution in [0.5, 0.6) is 5.75 Å². The van der Waals surface area contributed by atoms with Crippen molar-refractivity contribution >= 4 is 29.9 Å². The molecule has 0 fully saturated rings. The maximum atomic E-state index is 11.6. The summed E-state index contributed by atoms with van der Waals surface area (Å²) in [7, 11) is 1.74. The van der Waals surface area contributed by atoms with Gasteiger partial charge in [-0.1, -0.05) is 17.7 Å². The number of hydrogen-bond acceptors (Lipinski definition) is 3. The quantitative estimate of drug-likeness (QED) is 0.877. The molecule has 0 saturated carbocycles. The van der Waals surface area contributed by atoms with Gasteiger partial charge in [-0.05, 0) is 25.1 Å². The standard InChI is InChI=1S/C13H19ClN2O2.ClH/c1-10(15)8-13(17)16(2)6-7-18-12-5-3-4-11(14)9-12;/h3-5,9-10H,6-8,15H2,1-2H3;1H. The molecule has 2 N–H and O–H groups in total. The molecular formula is C13H20Cl2N2O2. The van der Waals surface area contributed by atoms with Gasteiger partial charge in [0.2, 0.25) is 5.91 Å². The van der Waals surface area contributed by atoms with Crippen LogP contribution in [0.3, 0.4) is 0 Å². The van der Waals surface area contributed by atoms with E-state index in [1.165, 1.54) is 0 Å². The molecule has 0 spiro atoms. The molecule has 0 aromatic heterocycles. The molecule has 0 heterocycles. The molecule has 19 heavy (non-hydrogen) atoms. The van der Waals surface area contributed by atoms with Crippen molar-refractivity contribution in [2.24, 2.45) is 5.73 Å². The van der Waals surface area contributed by atoms with Crippen LogP contribution in [0.15, 0.2) is 24.3 Å². The maximum absolute atomic E-state index is 11.6. The number of amides is 1. The second-order valence-corrected chi connectivity index (χ2v) is 4.74. The Hall–Kier alpha value is -0.970. The summed E-state index contributed by atoms with van der Waals surface area (Å²) in [5.41, 5.74) is 5.57. The lowest BCUT2D eigenvalue weighted by atomic mass is 10.2. The second-order valence-electron chi connectivity index (χ2n) is 4.30. The van der Waals surface area contributed by atoms with Gasteiger partial charge in [0.25, 0.3) is 0 Å². The molecule has 1 unspecified atom stereocenters. The maximum Gasteiger partial charge on any atom is 0.223 e. The van der Waals surface area contributed by atoms with Crippen LogP contribution in [-0.4, -0.2) is 37.0 Å². The Morgan fingerprint density at radius 3 is 2.79 bits per heavy atom. The van der Waals surface area contributed by atoms with Crippen LogP contribution in [0.2, 0.25) is 5.02 Å². The Morgan fingerprint density at radius 1 is 1.53 bits per heavy atom. The highest BCUT2D eigenvalue weighted by Crippen LogP contribution is 2.16. The van der Waals surface area contributed by atoms with Gasteiger partial charge in [-0.25, -0.2) is 0 Å². The van der Waals surface area contributed by atoms with E-state index < -0.39 is 0 Å². The number of ether oxygens (including phenoxy) is 1. The number of carbonyl (C=O) groups is 1. The molecule has 0 saturated heterocycles.